The van der Waals surface area contributed by atoms with E-state index in [1.807, 2.05) is 67.6 Å². The standard InChI is InChI=1S/C28H31N3O5/c1-4-36-28-20(6-5-17-29-28)18-30-27(33)24-15-16-25(32)31(21-9-13-23(35-3)14-10-21)26(24)19-7-11-22(34-2)12-8-19/h5-14,17,24,26H,4,15-16,18H2,1-3H3,(H,30,33). The maximum absolute atomic E-state index is 13.6. The highest BCUT2D eigenvalue weighted by atomic mass is 16.5. The lowest BCUT2D eigenvalue weighted by Crippen LogP contribution is -2.48. The number of hydrogen-bond donors (Lipinski definition) is 1. The molecule has 8 nitrogen and oxygen atoms in total. The third-order valence-corrected chi connectivity index (χ3v) is 6.33. The molecule has 1 aliphatic heterocycles. The zero-order valence-corrected chi connectivity index (χ0v) is 20.8. The molecular formula is C28H31N3O5. The zero-order valence-electron chi connectivity index (χ0n) is 20.8. The van der Waals surface area contributed by atoms with Crippen molar-refractivity contribution in [1.82, 2.24) is 10.3 Å². The lowest BCUT2D eigenvalue weighted by atomic mass is 9.83. The quantitative estimate of drug-likeness (QED) is 0.482. The molecule has 1 aromatic heterocycles. The first-order chi connectivity index (χ1) is 17.5. The fourth-order valence-corrected chi connectivity index (χ4v) is 4.54. The average molecular weight is 490 g/mol. The van der Waals surface area contributed by atoms with Crippen LogP contribution in [-0.4, -0.2) is 37.6 Å². The number of nitrogens with zero attached hydrogens (tertiary/aromatic N) is 2. The molecule has 3 aromatic rings. The second-order valence-corrected chi connectivity index (χ2v) is 8.44. The predicted molar refractivity (Wildman–Crippen MR) is 136 cm³/mol. The third kappa shape index (κ3) is 5.43. The second kappa shape index (κ2) is 11.6. The van der Waals surface area contributed by atoms with Crippen molar-refractivity contribution in [2.75, 3.05) is 25.7 Å². The summed E-state index contributed by atoms with van der Waals surface area (Å²) < 4.78 is 16.2. The molecule has 0 aliphatic carbocycles. The van der Waals surface area contributed by atoms with Crippen LogP contribution in [-0.2, 0) is 16.1 Å². The van der Waals surface area contributed by atoms with E-state index in [2.05, 4.69) is 10.3 Å². The summed E-state index contributed by atoms with van der Waals surface area (Å²) in [5, 5.41) is 3.05. The summed E-state index contributed by atoms with van der Waals surface area (Å²) >= 11 is 0. The van der Waals surface area contributed by atoms with Gasteiger partial charge in [-0.15, -0.1) is 0 Å². The molecule has 2 heterocycles. The molecule has 1 N–H and O–H groups in total. The largest absolute Gasteiger partial charge is 0.497 e. The zero-order chi connectivity index (χ0) is 25.5. The smallest absolute Gasteiger partial charge is 0.227 e. The summed E-state index contributed by atoms with van der Waals surface area (Å²) in [5.74, 6) is 1.29. The minimum Gasteiger partial charge on any atom is -0.497 e. The van der Waals surface area contributed by atoms with Crippen LogP contribution in [0.1, 0.15) is 36.9 Å². The maximum atomic E-state index is 13.6. The van der Waals surface area contributed by atoms with E-state index in [1.54, 1.807) is 25.3 Å². The van der Waals surface area contributed by atoms with E-state index in [0.29, 0.717) is 36.1 Å². The number of piperidine rings is 1. The van der Waals surface area contributed by atoms with Gasteiger partial charge >= 0.3 is 0 Å². The molecule has 1 aliphatic rings. The normalized spacial score (nSPS) is 17.4. The van der Waals surface area contributed by atoms with Crippen molar-refractivity contribution in [3.63, 3.8) is 0 Å². The number of carbonyl (C=O) groups excluding carboxylic acids is 2. The number of pyridine rings is 1. The van der Waals surface area contributed by atoms with Crippen LogP contribution in [0.15, 0.2) is 66.9 Å². The fraction of sp³-hybridized carbons (Fsp3) is 0.321. The molecule has 0 bridgehead atoms. The van der Waals surface area contributed by atoms with Crippen LogP contribution in [0.2, 0.25) is 0 Å². The Morgan fingerprint density at radius 3 is 2.33 bits per heavy atom. The summed E-state index contributed by atoms with van der Waals surface area (Å²) in [5.41, 5.74) is 2.37. The first-order valence-electron chi connectivity index (χ1n) is 12.0. The molecular weight excluding hydrogens is 458 g/mol. The van der Waals surface area contributed by atoms with Gasteiger partial charge < -0.3 is 24.4 Å². The Balaban J connectivity index is 1.65. The molecule has 2 atom stereocenters. The minimum absolute atomic E-state index is 0.0315. The highest BCUT2D eigenvalue weighted by Crippen LogP contribution is 2.41. The van der Waals surface area contributed by atoms with E-state index in [-0.39, 0.29) is 24.8 Å². The number of ether oxygens (including phenoxy) is 3. The van der Waals surface area contributed by atoms with Crippen LogP contribution < -0.4 is 24.4 Å². The van der Waals surface area contributed by atoms with Crippen molar-refractivity contribution in [1.29, 1.82) is 0 Å². The number of amides is 2. The third-order valence-electron chi connectivity index (χ3n) is 6.33. The Bertz CT molecular complexity index is 1180. The monoisotopic (exact) mass is 489 g/mol. The van der Waals surface area contributed by atoms with Crippen molar-refractivity contribution >= 4 is 17.5 Å². The van der Waals surface area contributed by atoms with Gasteiger partial charge in [0.1, 0.15) is 11.5 Å². The van der Waals surface area contributed by atoms with Gasteiger partial charge in [0.25, 0.3) is 0 Å². The summed E-state index contributed by atoms with van der Waals surface area (Å²) in [6, 6.07) is 18.0. The lowest BCUT2D eigenvalue weighted by Gasteiger charge is -2.41. The predicted octanol–water partition coefficient (Wildman–Crippen LogP) is 4.30. The van der Waals surface area contributed by atoms with Crippen molar-refractivity contribution in [3.8, 4) is 17.4 Å². The molecule has 1 saturated heterocycles. The number of hydrogen-bond acceptors (Lipinski definition) is 6. The van der Waals surface area contributed by atoms with Crippen molar-refractivity contribution in [2.24, 2.45) is 5.92 Å². The van der Waals surface area contributed by atoms with E-state index in [9.17, 15) is 9.59 Å². The molecule has 2 unspecified atom stereocenters. The number of aromatic nitrogens is 1. The summed E-state index contributed by atoms with van der Waals surface area (Å²) in [6.45, 7) is 2.66. The van der Waals surface area contributed by atoms with Gasteiger partial charge in [-0.1, -0.05) is 18.2 Å². The van der Waals surface area contributed by atoms with E-state index >= 15 is 0 Å². The van der Waals surface area contributed by atoms with Gasteiger partial charge in [-0.2, -0.15) is 0 Å². The number of nitrogens with one attached hydrogen (secondary N) is 1. The average Bonchev–Trinajstić information content (AvgIpc) is 2.92. The highest BCUT2D eigenvalue weighted by molar-refractivity contribution is 5.97. The molecule has 0 radical (unpaired) electrons. The van der Waals surface area contributed by atoms with Gasteiger partial charge in [-0.05, 0) is 61.4 Å². The second-order valence-electron chi connectivity index (χ2n) is 8.44. The van der Waals surface area contributed by atoms with Gasteiger partial charge in [0, 0.05) is 30.4 Å². The number of benzene rings is 2. The Labute approximate surface area is 211 Å². The maximum Gasteiger partial charge on any atom is 0.227 e. The summed E-state index contributed by atoms with van der Waals surface area (Å²) in [6.07, 6.45) is 2.38. The molecule has 8 heteroatoms. The van der Waals surface area contributed by atoms with E-state index < -0.39 is 12.0 Å². The van der Waals surface area contributed by atoms with E-state index in [4.69, 9.17) is 14.2 Å². The van der Waals surface area contributed by atoms with Crippen LogP contribution in [0, 0.1) is 5.92 Å². The highest BCUT2D eigenvalue weighted by Gasteiger charge is 2.41. The Kier molecular flexibility index (Phi) is 8.05. The SMILES string of the molecule is CCOc1ncccc1CNC(=O)C1CCC(=O)N(c2ccc(OC)cc2)C1c1ccc(OC)cc1. The van der Waals surface area contributed by atoms with Gasteiger partial charge in [0.15, 0.2) is 0 Å². The van der Waals surface area contributed by atoms with E-state index in [0.717, 1.165) is 11.1 Å². The fourth-order valence-electron chi connectivity index (χ4n) is 4.54. The molecule has 36 heavy (non-hydrogen) atoms. The molecule has 2 aromatic carbocycles. The first kappa shape index (κ1) is 25.0. The van der Waals surface area contributed by atoms with Gasteiger partial charge in [-0.3, -0.25) is 9.59 Å². The molecule has 0 saturated carbocycles. The van der Waals surface area contributed by atoms with Gasteiger partial charge in [-0.25, -0.2) is 4.98 Å². The number of rotatable bonds is 9. The number of anilines is 1. The number of methoxy groups -OCH3 is 2. The van der Waals surface area contributed by atoms with Crippen LogP contribution in [0.3, 0.4) is 0 Å². The summed E-state index contributed by atoms with van der Waals surface area (Å²) in [4.78, 5) is 32.8. The number of carbonyl (C=O) groups is 2. The van der Waals surface area contributed by atoms with Crippen LogP contribution in [0.5, 0.6) is 17.4 Å². The first-order valence-corrected chi connectivity index (χ1v) is 12.0. The molecule has 2 amide bonds. The van der Waals surface area contributed by atoms with Gasteiger partial charge in [0.05, 0.1) is 32.8 Å². The molecule has 1 fully saturated rings. The van der Waals surface area contributed by atoms with E-state index in [1.165, 1.54) is 0 Å². The van der Waals surface area contributed by atoms with Crippen molar-refractivity contribution in [2.45, 2.75) is 32.4 Å². The molecule has 4 rings (SSSR count). The lowest BCUT2D eigenvalue weighted by molar-refractivity contribution is -0.129. The Hall–Kier alpha value is -4.07. The van der Waals surface area contributed by atoms with Crippen LogP contribution in [0.25, 0.3) is 0 Å². The molecule has 188 valence electrons. The minimum atomic E-state index is -0.481. The van der Waals surface area contributed by atoms with Gasteiger partial charge in [0.2, 0.25) is 17.7 Å². The summed E-state index contributed by atoms with van der Waals surface area (Å²) in [7, 11) is 3.20. The topological polar surface area (TPSA) is 90.0 Å². The van der Waals surface area contributed by atoms with Crippen LogP contribution >= 0.6 is 0 Å². The molecule has 0 spiro atoms. The Morgan fingerprint density at radius 1 is 1.03 bits per heavy atom. The van der Waals surface area contributed by atoms with Crippen molar-refractivity contribution < 1.29 is 23.8 Å². The van der Waals surface area contributed by atoms with Crippen molar-refractivity contribution in [3.05, 3.63) is 78.0 Å². The Morgan fingerprint density at radius 2 is 1.69 bits per heavy atom. The van der Waals surface area contributed by atoms with Crippen LogP contribution in [0.4, 0.5) is 5.69 Å².